The van der Waals surface area contributed by atoms with Crippen LogP contribution in [0.15, 0.2) is 34.9 Å². The lowest BCUT2D eigenvalue weighted by molar-refractivity contribution is 0.0201. The van der Waals surface area contributed by atoms with Crippen LogP contribution in [0.2, 0.25) is 10.0 Å². The van der Waals surface area contributed by atoms with Crippen LogP contribution in [0.25, 0.3) is 21.5 Å². The maximum absolute atomic E-state index is 14.6. The van der Waals surface area contributed by atoms with E-state index < -0.39 is 17.8 Å². The smallest absolute Gasteiger partial charge is 0.344 e. The number of thiazole rings is 1. The van der Waals surface area contributed by atoms with Crippen molar-refractivity contribution in [3.05, 3.63) is 63.1 Å². The molecule has 3 aliphatic rings. The molecule has 1 aliphatic carbocycles. The van der Waals surface area contributed by atoms with E-state index in [2.05, 4.69) is 15.0 Å². The van der Waals surface area contributed by atoms with E-state index in [1.807, 2.05) is 6.92 Å². The maximum Gasteiger partial charge on any atom is 0.344 e. The van der Waals surface area contributed by atoms with Crippen LogP contribution in [0, 0.1) is 5.82 Å². The Morgan fingerprint density at radius 3 is 2.49 bits per heavy atom. The molecule has 8 nitrogen and oxygen atoms in total. The van der Waals surface area contributed by atoms with Gasteiger partial charge in [0.05, 0.1) is 20.3 Å². The first kappa shape index (κ1) is 26.7. The van der Waals surface area contributed by atoms with E-state index in [1.165, 1.54) is 17.4 Å². The number of piperidine rings is 1. The molecule has 2 aliphatic heterocycles. The zero-order valence-electron chi connectivity index (χ0n) is 21.8. The summed E-state index contributed by atoms with van der Waals surface area (Å²) in [5.74, 6) is -1.86. The number of rotatable bonds is 6. The number of carboxylic acids is 1. The van der Waals surface area contributed by atoms with Gasteiger partial charge in [-0.2, -0.15) is 0 Å². The molecule has 4 aromatic rings. The second-order valence-electron chi connectivity index (χ2n) is 11.3. The Labute approximate surface area is 248 Å². The summed E-state index contributed by atoms with van der Waals surface area (Å²) in [7, 11) is 0. The van der Waals surface area contributed by atoms with Crippen molar-refractivity contribution in [3.63, 3.8) is 0 Å². The Morgan fingerprint density at radius 1 is 1.17 bits per heavy atom. The monoisotopic (exact) mass is 615 g/mol. The molecule has 0 amide bonds. The van der Waals surface area contributed by atoms with Crippen LogP contribution < -0.4 is 4.90 Å². The fourth-order valence-electron chi connectivity index (χ4n) is 6.16. The van der Waals surface area contributed by atoms with Crippen LogP contribution in [0.3, 0.4) is 0 Å². The second-order valence-corrected chi connectivity index (χ2v) is 13.1. The summed E-state index contributed by atoms with van der Waals surface area (Å²) in [6.45, 7) is 2.03. The molecule has 7 rings (SSSR count). The number of aromatic carboxylic acids is 1. The molecule has 41 heavy (non-hydrogen) atoms. The summed E-state index contributed by atoms with van der Waals surface area (Å²) in [4.78, 5) is 31.9. The van der Waals surface area contributed by atoms with Crippen molar-refractivity contribution in [2.45, 2.75) is 69.1 Å². The molecule has 2 saturated heterocycles. The number of hydrogen-bond acceptors (Lipinski definition) is 8. The van der Waals surface area contributed by atoms with Crippen molar-refractivity contribution in [2.24, 2.45) is 0 Å². The minimum Gasteiger partial charge on any atom is -0.478 e. The van der Waals surface area contributed by atoms with Gasteiger partial charge in [-0.05, 0) is 49.9 Å². The van der Waals surface area contributed by atoms with E-state index in [0.29, 0.717) is 44.0 Å². The molecule has 0 radical (unpaired) electrons. The number of esters is 1. The Kier molecular flexibility index (Phi) is 6.29. The highest BCUT2D eigenvalue weighted by Crippen LogP contribution is 2.51. The number of fused-ring (bicyclic) bond motifs is 3. The molecule has 2 bridgehead atoms. The fraction of sp³-hybridized carbons (Fsp3) is 0.379. The number of anilines is 1. The number of hydrogen-bond donors (Lipinski definition) is 1. The lowest BCUT2D eigenvalue weighted by atomic mass is 9.97. The van der Waals surface area contributed by atoms with Gasteiger partial charge < -0.3 is 19.3 Å². The first-order chi connectivity index (χ1) is 19.6. The molecular weight excluding hydrogens is 592 g/mol. The molecule has 1 saturated carbocycles. The minimum atomic E-state index is -1.19. The summed E-state index contributed by atoms with van der Waals surface area (Å²) >= 11 is 14.2. The summed E-state index contributed by atoms with van der Waals surface area (Å²) in [5, 5.41) is 14.9. The van der Waals surface area contributed by atoms with Gasteiger partial charge in [0, 0.05) is 35.9 Å². The van der Waals surface area contributed by atoms with E-state index in [4.69, 9.17) is 32.5 Å². The van der Waals surface area contributed by atoms with Crippen LogP contribution in [0.1, 0.15) is 71.9 Å². The Hall–Kier alpha value is -3.21. The quantitative estimate of drug-likeness (QED) is 0.222. The molecule has 4 heterocycles. The first-order valence-corrected chi connectivity index (χ1v) is 15.0. The van der Waals surface area contributed by atoms with Crippen LogP contribution in [-0.2, 0) is 10.2 Å². The van der Waals surface area contributed by atoms with E-state index in [0.717, 1.165) is 31.7 Å². The summed E-state index contributed by atoms with van der Waals surface area (Å²) in [5.41, 5.74) is 0.757. The highest BCUT2D eigenvalue weighted by Gasteiger charge is 2.49. The second kappa shape index (κ2) is 9.68. The molecule has 1 N–H and O–H groups in total. The third-order valence-electron chi connectivity index (χ3n) is 8.51. The lowest BCUT2D eigenvalue weighted by Crippen LogP contribution is -2.46. The summed E-state index contributed by atoms with van der Waals surface area (Å²) in [6.07, 6.45) is 4.34. The van der Waals surface area contributed by atoms with Gasteiger partial charge in [-0.15, -0.1) is 0 Å². The summed E-state index contributed by atoms with van der Waals surface area (Å²) < 4.78 is 27.0. The van der Waals surface area contributed by atoms with E-state index in [1.54, 1.807) is 18.2 Å². The predicted molar refractivity (Wildman–Crippen MR) is 153 cm³/mol. The van der Waals surface area contributed by atoms with Gasteiger partial charge in [0.25, 0.3) is 0 Å². The van der Waals surface area contributed by atoms with Gasteiger partial charge in [-0.1, -0.05) is 52.7 Å². The lowest BCUT2D eigenvalue weighted by Gasteiger charge is -2.38. The average Bonchev–Trinajstić information content (AvgIpc) is 3.23. The number of ether oxygens (including phenoxy) is 1. The van der Waals surface area contributed by atoms with Gasteiger partial charge in [0.15, 0.2) is 16.7 Å². The van der Waals surface area contributed by atoms with Crippen molar-refractivity contribution in [1.82, 2.24) is 10.1 Å². The minimum absolute atomic E-state index is 0.0505. The van der Waals surface area contributed by atoms with Gasteiger partial charge in [-0.3, -0.25) is 0 Å². The van der Waals surface area contributed by atoms with Crippen molar-refractivity contribution in [1.29, 1.82) is 0 Å². The van der Waals surface area contributed by atoms with E-state index >= 15 is 0 Å². The standard InChI is InChI=1S/C29H24Cl2FN3O5S/c1-29(7-8-29)25-22(24(34-40-25)21-17(30)3-2-4-18(21)31)27(38)39-16-11-14-5-6-15(12-16)35(14)28-33-23-19(32)9-13(26(36)37)10-20(23)41-28/h2-4,9-10,14-16H,5-8,11-12H2,1H3,(H,36,37). The van der Waals surface area contributed by atoms with Gasteiger partial charge in [0.1, 0.15) is 22.9 Å². The normalized spacial score (nSPS) is 22.7. The number of carbonyl (C=O) groups excluding carboxylic acids is 1. The zero-order valence-corrected chi connectivity index (χ0v) is 24.2. The molecule has 0 spiro atoms. The topological polar surface area (TPSA) is 106 Å². The molecule has 2 aromatic heterocycles. The number of benzene rings is 2. The van der Waals surface area contributed by atoms with Gasteiger partial charge in [-0.25, -0.2) is 19.0 Å². The van der Waals surface area contributed by atoms with E-state index in [-0.39, 0.29) is 45.9 Å². The van der Waals surface area contributed by atoms with Crippen LogP contribution >= 0.6 is 34.5 Å². The molecular formula is C29H24Cl2FN3O5S. The van der Waals surface area contributed by atoms with Crippen molar-refractivity contribution in [3.8, 4) is 11.3 Å². The number of aromatic nitrogens is 2. The Balaban J connectivity index is 1.15. The summed E-state index contributed by atoms with van der Waals surface area (Å²) in [6, 6.07) is 7.66. The molecule has 212 valence electrons. The third kappa shape index (κ3) is 4.47. The SMILES string of the molecule is CC1(c2onc(-c3c(Cl)cccc3Cl)c2C(=O)OC2CC3CCC(C2)N3c2nc3c(F)cc(C(=O)O)cc3s2)CC1. The predicted octanol–water partition coefficient (Wildman–Crippen LogP) is 7.50. The molecule has 3 fully saturated rings. The van der Waals surface area contributed by atoms with Crippen LogP contribution in [0.5, 0.6) is 0 Å². The Bertz CT molecular complexity index is 1700. The third-order valence-corrected chi connectivity index (χ3v) is 10.2. The highest BCUT2D eigenvalue weighted by molar-refractivity contribution is 7.22. The van der Waals surface area contributed by atoms with Crippen molar-refractivity contribution >= 4 is 61.8 Å². The number of halogens is 3. The van der Waals surface area contributed by atoms with Crippen LogP contribution in [-0.4, -0.2) is 45.4 Å². The van der Waals surface area contributed by atoms with Gasteiger partial charge >= 0.3 is 11.9 Å². The number of carbonyl (C=O) groups is 2. The zero-order chi connectivity index (χ0) is 28.6. The molecule has 2 atom stereocenters. The molecule has 12 heteroatoms. The first-order valence-electron chi connectivity index (χ1n) is 13.4. The Morgan fingerprint density at radius 2 is 1.85 bits per heavy atom. The maximum atomic E-state index is 14.6. The largest absolute Gasteiger partial charge is 0.478 e. The molecule has 2 unspecified atom stereocenters. The van der Waals surface area contributed by atoms with E-state index in [9.17, 15) is 19.1 Å². The molecule has 2 aromatic carbocycles. The van der Waals surface area contributed by atoms with Gasteiger partial charge in [0.2, 0.25) is 0 Å². The highest BCUT2D eigenvalue weighted by atomic mass is 35.5. The van der Waals surface area contributed by atoms with Crippen molar-refractivity contribution < 1.29 is 28.3 Å². The average molecular weight is 616 g/mol. The number of nitrogens with zero attached hydrogens (tertiary/aromatic N) is 3. The van der Waals surface area contributed by atoms with Crippen molar-refractivity contribution in [2.75, 3.05) is 4.90 Å². The fourth-order valence-corrected chi connectivity index (χ4v) is 7.90. The number of carboxylic acid groups (broad SMARTS) is 1. The van der Waals surface area contributed by atoms with Crippen LogP contribution in [0.4, 0.5) is 9.52 Å².